The molecule has 0 amide bonds. The fraction of sp³-hybridized carbons (Fsp3) is 0.429. The molecule has 0 N–H and O–H groups in total. The molecule has 0 fully saturated rings. The van der Waals surface area contributed by atoms with Gasteiger partial charge in [-0.1, -0.05) is 177 Å². The van der Waals surface area contributed by atoms with Crippen LogP contribution < -0.4 is 0 Å². The summed E-state index contributed by atoms with van der Waals surface area (Å²) in [7, 11) is 2.17. The first-order valence-electron chi connectivity index (χ1n) is 18.0. The van der Waals surface area contributed by atoms with Gasteiger partial charge in [0.15, 0.2) is 0 Å². The van der Waals surface area contributed by atoms with Crippen molar-refractivity contribution in [3.63, 3.8) is 0 Å². The number of para-hydroxylation sites is 2. The normalized spacial score (nSPS) is 7.53. The van der Waals surface area contributed by atoms with Gasteiger partial charge in [0.25, 0.3) is 0 Å². The van der Waals surface area contributed by atoms with Gasteiger partial charge in [-0.2, -0.15) is 0 Å². The van der Waals surface area contributed by atoms with Crippen molar-refractivity contribution in [3.8, 4) is 11.1 Å². The number of aryl methyl sites for hydroxylation is 2. The fourth-order valence-electron chi connectivity index (χ4n) is 5.94. The molecule has 0 aliphatic rings. The number of aromatic nitrogens is 1. The summed E-state index contributed by atoms with van der Waals surface area (Å²) in [6.07, 6.45) is 1.09. The first kappa shape index (κ1) is 133. The fourth-order valence-corrected chi connectivity index (χ4v) is 5.94. The number of nitrogens with zero attached hydrogens (tertiary/aromatic N) is 1. The molecule has 4 aromatic carbocycles. The van der Waals surface area contributed by atoms with E-state index >= 15 is 0 Å². The van der Waals surface area contributed by atoms with Gasteiger partial charge < -0.3 is 34.3 Å². The second-order valence-corrected chi connectivity index (χ2v) is 12.7. The molecular formula is C49H81Ar12NY2-4. The third-order valence-corrected chi connectivity index (χ3v) is 7.99. The second-order valence-electron chi connectivity index (χ2n) is 12.7. The number of hydrogen-bond donors (Lipinski definition) is 0. The van der Waals surface area contributed by atoms with Gasteiger partial charge in [0.05, 0.1) is 5.52 Å². The van der Waals surface area contributed by atoms with Gasteiger partial charge in [-0.15, -0.1) is 0 Å². The van der Waals surface area contributed by atoms with Crippen LogP contribution in [0.5, 0.6) is 0 Å². The van der Waals surface area contributed by atoms with Crippen molar-refractivity contribution in [3.05, 3.63) is 136 Å². The minimum Gasteiger partial charge on any atom is -0.358 e. The molecule has 0 spiro atoms. The minimum absolute atomic E-state index is 0. The van der Waals surface area contributed by atoms with E-state index in [0.717, 1.165) is 6.42 Å². The topological polar surface area (TPSA) is 4.93 Å². The Kier molecular flexibility index (Phi) is 160. The van der Waals surface area contributed by atoms with Crippen molar-refractivity contribution >= 4 is 21.8 Å². The van der Waals surface area contributed by atoms with Crippen molar-refractivity contribution in [2.75, 3.05) is 0 Å². The van der Waals surface area contributed by atoms with Gasteiger partial charge in [0.2, 0.25) is 0 Å². The van der Waals surface area contributed by atoms with E-state index in [2.05, 4.69) is 153 Å². The van der Waals surface area contributed by atoms with Crippen LogP contribution in [0.1, 0.15) is 132 Å². The molecule has 0 saturated heterocycles. The molecule has 0 atom stereocenters. The van der Waals surface area contributed by atoms with Gasteiger partial charge in [-0.05, 0) is 76.1 Å². The summed E-state index contributed by atoms with van der Waals surface area (Å²) in [6, 6.07) is 28.7. The molecule has 1 heterocycles. The van der Waals surface area contributed by atoms with Gasteiger partial charge in [-0.25, -0.2) is 0 Å². The van der Waals surface area contributed by atoms with E-state index in [1.165, 1.54) is 60.8 Å². The van der Waals surface area contributed by atoms with E-state index in [0.29, 0.717) is 0 Å². The summed E-state index contributed by atoms with van der Waals surface area (Å²) in [6.45, 7) is 36.4. The van der Waals surface area contributed by atoms with Crippen LogP contribution in [0.3, 0.4) is 0 Å². The zero-order valence-corrected chi connectivity index (χ0v) is 56.7. The Morgan fingerprint density at radius 2 is 0.719 bits per heavy atom. The zero-order chi connectivity index (χ0) is 35.8. The van der Waals surface area contributed by atoms with Crippen LogP contribution in [-0.4, -0.2) is 4.57 Å². The standard InChI is InChI=1S/C20H26.C17H19N.4C2H6.4CH3.12Ar.2Y/c1-7-16-10-8-11-17(14(16)2)18-12-9-13-19(15(18)3)20(4,5)6;1-17(2,3)14-10-7-9-13-12-8-5-6-11-15(12)18(4)16(13)14;4*1-2;;;;;;;;;;;;;;;;;;/h8-13H,7H2,1-6H3;5-11H,1-4H3;4*1-2H3;4*1H3;;;;;;;;;;;;;;/q;;;;;;4*-1;;;;;;;;;;;;;;. The van der Waals surface area contributed by atoms with E-state index in [1.807, 2.05) is 55.4 Å². The molecule has 2 radical (unpaired) electrons. The Morgan fingerprint density at radius 3 is 1.09 bits per heavy atom. The van der Waals surface area contributed by atoms with Gasteiger partial charge >= 0.3 is 0 Å². The Hall–Kier alpha value is 14.0. The molecular weight excluding hydrogens is 1260 g/mol. The third kappa shape index (κ3) is 45.4. The van der Waals surface area contributed by atoms with Crippen molar-refractivity contribution in [1.82, 2.24) is 4.57 Å². The van der Waals surface area contributed by atoms with Crippen LogP contribution in [0.15, 0.2) is 78.9 Å². The third-order valence-electron chi connectivity index (χ3n) is 7.99. The molecule has 0 unspecified atom stereocenters. The van der Waals surface area contributed by atoms with E-state index in [-0.39, 0.29) is 559 Å². The largest absolute Gasteiger partial charge is 0.358 e. The Morgan fingerprint density at radius 1 is 0.406 bits per heavy atom. The molecule has 5 aromatic rings. The monoisotopic (exact) mass is 1340 g/mol. The summed E-state index contributed by atoms with van der Waals surface area (Å²) in [5.41, 5.74) is 12.9. The van der Waals surface area contributed by atoms with E-state index in [4.69, 9.17) is 0 Å². The number of benzene rings is 4. The second kappa shape index (κ2) is 77.0. The van der Waals surface area contributed by atoms with E-state index in [9.17, 15) is 0 Å². The predicted octanol–water partition coefficient (Wildman–Crippen LogP) is 16.4. The molecule has 1 nitrogen and oxygen atoms in total. The molecule has 5 rings (SSSR count). The Labute approximate surface area is 811 Å². The molecule has 64 heavy (non-hydrogen) atoms. The van der Waals surface area contributed by atoms with Crippen LogP contribution in [0.4, 0.5) is 0 Å². The van der Waals surface area contributed by atoms with Crippen molar-refractivity contribution < 1.29 is 518 Å². The maximum atomic E-state index is 2.32. The number of hydrogen-bond acceptors (Lipinski definition) is 0. The van der Waals surface area contributed by atoms with Crippen LogP contribution in [0.25, 0.3) is 32.9 Å². The maximum absolute atomic E-state index is 2.32. The van der Waals surface area contributed by atoms with Gasteiger partial charge in [-0.3, -0.25) is 0 Å². The molecule has 1 aromatic heterocycles. The van der Waals surface area contributed by atoms with Crippen molar-refractivity contribution in [1.29, 1.82) is 0 Å². The first-order chi connectivity index (χ1) is 21.9. The Bertz CT molecular complexity index is 1640. The SMILES string of the molecule is CC.CC.CC.CC.CCc1cccc(-c2cccc(C(C)(C)C)c2C)c1C.Cn1c2ccccc2c2cccc(C(C)(C)C)c21.[Ar].[Ar].[Ar].[Ar].[Ar].[Ar].[Ar].[Ar].[Ar].[Ar].[Ar].[Ar].[CH3-].[CH3-].[CH3-].[CH3-].[Y].[Y]. The van der Waals surface area contributed by atoms with Crippen LogP contribution in [-0.2, 0) is 89.7 Å². The first-order valence-corrected chi connectivity index (χ1v) is 18.0. The summed E-state index contributed by atoms with van der Waals surface area (Å²) in [5, 5.41) is 2.71. The molecule has 0 aliphatic heterocycles. The average molecular weight is 1340 g/mol. The smallest absolute Gasteiger partial charge is 0.0526 e. The molecule has 0 bridgehead atoms. The summed E-state index contributed by atoms with van der Waals surface area (Å²) in [5.74, 6) is 0. The summed E-state index contributed by atoms with van der Waals surface area (Å²) in [4.78, 5) is 0. The molecule has 0 aliphatic carbocycles. The predicted molar refractivity (Wildman–Crippen MR) is 240 cm³/mol. The number of fused-ring (bicyclic) bond motifs is 3. The van der Waals surface area contributed by atoms with Crippen LogP contribution in [0.2, 0.25) is 0 Å². The maximum Gasteiger partial charge on any atom is 0.0526 e. The van der Waals surface area contributed by atoms with Crippen molar-refractivity contribution in [2.45, 2.75) is 135 Å². The van der Waals surface area contributed by atoms with Gasteiger partial charge in [0, 0.05) is 542 Å². The van der Waals surface area contributed by atoms with Gasteiger partial charge in [0.1, 0.15) is 0 Å². The van der Waals surface area contributed by atoms with Crippen molar-refractivity contribution in [2.24, 2.45) is 7.05 Å². The van der Waals surface area contributed by atoms with E-state index < -0.39 is 0 Å². The zero-order valence-electron chi connectivity index (χ0n) is 42.6. The minimum atomic E-state index is 0. The summed E-state index contributed by atoms with van der Waals surface area (Å²) >= 11 is 0. The molecule has 15 heteroatoms. The van der Waals surface area contributed by atoms with Crippen LogP contribution in [0, 0.1) is 496 Å². The molecule has 0 saturated carbocycles. The van der Waals surface area contributed by atoms with E-state index in [1.54, 1.807) is 0 Å². The number of rotatable bonds is 2. The molecule has 388 valence electrons. The Balaban J connectivity index is -0.0000000259. The quantitative estimate of drug-likeness (QED) is 0.155. The average Bonchev–Trinajstić information content (AvgIpc) is 3.36. The summed E-state index contributed by atoms with van der Waals surface area (Å²) < 4.78 is 2.32. The van der Waals surface area contributed by atoms with Crippen LogP contribution >= 0.6 is 0 Å².